The normalized spacial score (nSPS) is 11.3. The van der Waals surface area contributed by atoms with Gasteiger partial charge in [0.25, 0.3) is 5.91 Å². The Morgan fingerprint density at radius 3 is 2.42 bits per heavy atom. The molecule has 1 aromatic heterocycles. The molecule has 0 bridgehead atoms. The molecule has 0 fully saturated rings. The van der Waals surface area contributed by atoms with Crippen LogP contribution in [0.3, 0.4) is 0 Å². The molecule has 1 heterocycles. The molecule has 0 aliphatic heterocycles. The first-order valence-corrected chi connectivity index (χ1v) is 10.2. The minimum atomic E-state index is -0.373. The molecule has 0 unspecified atom stereocenters. The first-order chi connectivity index (χ1) is 15.1. The maximum atomic E-state index is 12.6. The maximum absolute atomic E-state index is 12.6. The van der Waals surface area contributed by atoms with Gasteiger partial charge >= 0.3 is 0 Å². The highest BCUT2D eigenvalue weighted by Gasteiger charge is 2.12. The predicted octanol–water partition coefficient (Wildman–Crippen LogP) is 5.22. The van der Waals surface area contributed by atoms with Crippen LogP contribution in [0.1, 0.15) is 22.3 Å². The number of nitrogens with one attached hydrogen (secondary N) is 1. The van der Waals surface area contributed by atoms with E-state index in [0.717, 1.165) is 28.6 Å². The van der Waals surface area contributed by atoms with Crippen LogP contribution in [0.15, 0.2) is 90.6 Å². The van der Waals surface area contributed by atoms with Crippen molar-refractivity contribution < 1.29 is 4.79 Å². The number of hydrogen-bond donors (Lipinski definition) is 1. The first-order valence-electron chi connectivity index (χ1n) is 10.2. The third-order valence-corrected chi connectivity index (χ3v) is 5.25. The molecular weight excluding hydrogens is 382 g/mol. The van der Waals surface area contributed by atoms with Gasteiger partial charge in [0.1, 0.15) is 11.6 Å². The number of nitriles is 1. The van der Waals surface area contributed by atoms with Crippen LogP contribution in [-0.2, 0) is 17.9 Å². The van der Waals surface area contributed by atoms with E-state index in [1.54, 1.807) is 6.08 Å². The van der Waals surface area contributed by atoms with Crippen molar-refractivity contribution in [3.63, 3.8) is 0 Å². The highest BCUT2D eigenvalue weighted by atomic mass is 16.1. The van der Waals surface area contributed by atoms with Crippen molar-refractivity contribution in [2.45, 2.75) is 20.0 Å². The maximum Gasteiger partial charge on any atom is 0.262 e. The van der Waals surface area contributed by atoms with Gasteiger partial charge in [0.2, 0.25) is 0 Å². The smallest absolute Gasteiger partial charge is 0.262 e. The molecular formula is C27H23N3O. The number of nitrogens with zero attached hydrogens (tertiary/aromatic N) is 2. The molecule has 0 saturated carbocycles. The molecule has 4 heteroatoms. The van der Waals surface area contributed by atoms with Crippen molar-refractivity contribution in [3.8, 4) is 6.07 Å². The van der Waals surface area contributed by atoms with Gasteiger partial charge in [-0.3, -0.25) is 4.79 Å². The third kappa shape index (κ3) is 4.73. The topological polar surface area (TPSA) is 57.8 Å². The number of aryl methyl sites for hydroxylation is 1. The minimum Gasteiger partial charge on any atom is -0.347 e. The van der Waals surface area contributed by atoms with Crippen LogP contribution < -0.4 is 5.32 Å². The summed E-state index contributed by atoms with van der Waals surface area (Å²) < 4.78 is 2.16. The molecule has 0 spiro atoms. The fourth-order valence-corrected chi connectivity index (χ4v) is 3.59. The van der Waals surface area contributed by atoms with Crippen molar-refractivity contribution >= 4 is 22.9 Å². The van der Waals surface area contributed by atoms with Crippen molar-refractivity contribution in [1.82, 2.24) is 9.88 Å². The van der Waals surface area contributed by atoms with Crippen LogP contribution in [0.4, 0.5) is 0 Å². The summed E-state index contributed by atoms with van der Waals surface area (Å²) in [4.78, 5) is 12.6. The Morgan fingerprint density at radius 2 is 1.68 bits per heavy atom. The standard InChI is InChI=1S/C27H23N3O/c1-20-11-13-22(14-12-20)18-30-19-24(25-9-5-6-10-26(25)30)15-23(16-28)27(31)29-17-21-7-3-2-4-8-21/h2-15,19H,17-18H2,1H3,(H,29,31)/b23-15+. The van der Waals surface area contributed by atoms with Crippen LogP contribution in [0.2, 0.25) is 0 Å². The number of benzene rings is 3. The highest BCUT2D eigenvalue weighted by molar-refractivity contribution is 6.04. The summed E-state index contributed by atoms with van der Waals surface area (Å²) in [6, 6.07) is 28.2. The third-order valence-electron chi connectivity index (χ3n) is 5.25. The lowest BCUT2D eigenvalue weighted by molar-refractivity contribution is -0.117. The Balaban J connectivity index is 1.61. The fourth-order valence-electron chi connectivity index (χ4n) is 3.59. The summed E-state index contributed by atoms with van der Waals surface area (Å²) in [5.41, 5.74) is 5.43. The zero-order valence-electron chi connectivity index (χ0n) is 17.4. The lowest BCUT2D eigenvalue weighted by Gasteiger charge is -2.06. The van der Waals surface area contributed by atoms with E-state index in [2.05, 4.69) is 53.2 Å². The number of hydrogen-bond acceptors (Lipinski definition) is 2. The average Bonchev–Trinajstić information content (AvgIpc) is 3.15. The number of aromatic nitrogens is 1. The molecule has 1 N–H and O–H groups in total. The van der Waals surface area contributed by atoms with E-state index < -0.39 is 0 Å². The highest BCUT2D eigenvalue weighted by Crippen LogP contribution is 2.24. The SMILES string of the molecule is Cc1ccc(Cn2cc(/C=C(\C#N)C(=O)NCc3ccccc3)c3ccccc32)cc1. The summed E-state index contributed by atoms with van der Waals surface area (Å²) in [6.07, 6.45) is 3.68. The van der Waals surface area contributed by atoms with E-state index in [-0.39, 0.29) is 11.5 Å². The van der Waals surface area contributed by atoms with Gasteiger partial charge in [0.15, 0.2) is 0 Å². The quantitative estimate of drug-likeness (QED) is 0.353. The lowest BCUT2D eigenvalue weighted by Crippen LogP contribution is -2.23. The van der Waals surface area contributed by atoms with E-state index in [1.807, 2.05) is 54.7 Å². The van der Waals surface area contributed by atoms with E-state index in [4.69, 9.17) is 0 Å². The molecule has 4 nitrogen and oxygen atoms in total. The Labute approximate surface area is 182 Å². The summed E-state index contributed by atoms with van der Waals surface area (Å²) in [5.74, 6) is -0.373. The van der Waals surface area contributed by atoms with Crippen LogP contribution in [0.5, 0.6) is 0 Å². The summed E-state index contributed by atoms with van der Waals surface area (Å²) >= 11 is 0. The van der Waals surface area contributed by atoms with E-state index in [1.165, 1.54) is 11.1 Å². The summed E-state index contributed by atoms with van der Waals surface area (Å²) in [7, 11) is 0. The van der Waals surface area contributed by atoms with Crippen molar-refractivity contribution in [1.29, 1.82) is 5.26 Å². The second-order valence-corrected chi connectivity index (χ2v) is 7.55. The molecule has 0 aliphatic carbocycles. The summed E-state index contributed by atoms with van der Waals surface area (Å²) in [6.45, 7) is 3.18. The van der Waals surface area contributed by atoms with E-state index in [0.29, 0.717) is 6.54 Å². The van der Waals surface area contributed by atoms with Gasteiger partial charge in [-0.15, -0.1) is 0 Å². The Hall–Kier alpha value is -4.10. The van der Waals surface area contributed by atoms with Crippen LogP contribution in [-0.4, -0.2) is 10.5 Å². The largest absolute Gasteiger partial charge is 0.347 e. The fraction of sp³-hybridized carbons (Fsp3) is 0.111. The molecule has 0 atom stereocenters. The van der Waals surface area contributed by atoms with Crippen LogP contribution in [0.25, 0.3) is 17.0 Å². The van der Waals surface area contributed by atoms with Gasteiger partial charge in [-0.1, -0.05) is 78.4 Å². The summed E-state index contributed by atoms with van der Waals surface area (Å²) in [5, 5.41) is 13.5. The van der Waals surface area contributed by atoms with Crippen molar-refractivity contribution in [2.75, 3.05) is 0 Å². The van der Waals surface area contributed by atoms with Crippen LogP contribution in [0, 0.1) is 18.3 Å². The zero-order chi connectivity index (χ0) is 21.6. The molecule has 31 heavy (non-hydrogen) atoms. The second kappa shape index (κ2) is 9.15. The second-order valence-electron chi connectivity index (χ2n) is 7.55. The molecule has 1 amide bonds. The minimum absolute atomic E-state index is 0.0918. The van der Waals surface area contributed by atoms with Gasteiger partial charge < -0.3 is 9.88 Å². The molecule has 0 saturated heterocycles. The molecule has 0 aliphatic rings. The molecule has 4 rings (SSSR count). The van der Waals surface area contributed by atoms with Gasteiger partial charge in [-0.05, 0) is 30.2 Å². The van der Waals surface area contributed by atoms with Crippen molar-refractivity contribution in [3.05, 3.63) is 113 Å². The van der Waals surface area contributed by atoms with Gasteiger partial charge in [-0.25, -0.2) is 0 Å². The number of carbonyl (C=O) groups excluding carboxylic acids is 1. The molecule has 152 valence electrons. The number of para-hydroxylation sites is 1. The average molecular weight is 406 g/mol. The van der Waals surface area contributed by atoms with Gasteiger partial charge in [-0.2, -0.15) is 5.26 Å². The lowest BCUT2D eigenvalue weighted by atomic mass is 10.1. The Morgan fingerprint density at radius 1 is 0.968 bits per heavy atom. The number of fused-ring (bicyclic) bond motifs is 1. The zero-order valence-corrected chi connectivity index (χ0v) is 17.4. The van der Waals surface area contributed by atoms with Gasteiger partial charge in [0, 0.05) is 35.8 Å². The number of rotatable bonds is 6. The first kappa shape index (κ1) is 20.2. The van der Waals surface area contributed by atoms with E-state index >= 15 is 0 Å². The van der Waals surface area contributed by atoms with E-state index in [9.17, 15) is 10.1 Å². The predicted molar refractivity (Wildman–Crippen MR) is 124 cm³/mol. The Bertz CT molecular complexity index is 1280. The number of carbonyl (C=O) groups is 1. The molecule has 3 aromatic carbocycles. The van der Waals surface area contributed by atoms with Gasteiger partial charge in [0.05, 0.1) is 0 Å². The monoisotopic (exact) mass is 405 g/mol. The number of amides is 1. The Kier molecular flexibility index (Phi) is 5.96. The molecule has 0 radical (unpaired) electrons. The van der Waals surface area contributed by atoms with Crippen LogP contribution >= 0.6 is 0 Å². The molecule has 4 aromatic rings. The van der Waals surface area contributed by atoms with Crippen molar-refractivity contribution in [2.24, 2.45) is 0 Å².